The van der Waals surface area contributed by atoms with Gasteiger partial charge < -0.3 is 14.0 Å². The molecule has 2 aliphatic heterocycles. The van der Waals surface area contributed by atoms with Gasteiger partial charge in [-0.05, 0) is 48.5 Å². The molecule has 29 heavy (non-hydrogen) atoms. The van der Waals surface area contributed by atoms with E-state index < -0.39 is 11.5 Å². The number of aromatic nitrogens is 3. The summed E-state index contributed by atoms with van der Waals surface area (Å²) in [5.41, 5.74) is 1.28. The Morgan fingerprint density at radius 2 is 1.62 bits per heavy atom. The number of rotatable bonds is 4. The highest BCUT2D eigenvalue weighted by atomic mass is 19.1. The number of carbonyl (C=O) groups is 1. The highest BCUT2D eigenvalue weighted by molar-refractivity contribution is 5.96. The smallest absolute Gasteiger partial charge is 0.341 e. The zero-order valence-electron chi connectivity index (χ0n) is 15.6. The molecule has 0 saturated heterocycles. The number of hydrogen-bond donors (Lipinski definition) is 0. The van der Waals surface area contributed by atoms with E-state index in [4.69, 9.17) is 9.47 Å². The second kappa shape index (κ2) is 7.23. The fourth-order valence-electron chi connectivity index (χ4n) is 3.03. The third-order valence-corrected chi connectivity index (χ3v) is 4.52. The highest BCUT2D eigenvalue weighted by Gasteiger charge is 2.25. The molecular weight excluding hydrogens is 377 g/mol. The number of hydrogen-bond acceptors (Lipinski definition) is 5. The molecule has 0 N–H and O–H groups in total. The molecule has 2 aromatic rings. The predicted octanol–water partition coefficient (Wildman–Crippen LogP) is 3.06. The van der Waals surface area contributed by atoms with Crippen molar-refractivity contribution in [3.63, 3.8) is 0 Å². The van der Waals surface area contributed by atoms with Gasteiger partial charge in [-0.15, -0.1) is 0 Å². The molecule has 0 spiro atoms. The third-order valence-electron chi connectivity index (χ3n) is 4.52. The number of benzene rings is 2. The molecule has 0 atom stereocenters. The summed E-state index contributed by atoms with van der Waals surface area (Å²) in [5, 5.41) is 4.35. The van der Waals surface area contributed by atoms with Crippen molar-refractivity contribution in [3.8, 4) is 28.4 Å². The van der Waals surface area contributed by atoms with Crippen LogP contribution in [0.4, 0.5) is 4.39 Å². The number of methoxy groups -OCH3 is 2. The second-order valence-electron chi connectivity index (χ2n) is 6.22. The van der Waals surface area contributed by atoms with Crippen molar-refractivity contribution in [2.24, 2.45) is 0 Å². The average Bonchev–Trinajstić information content (AvgIpc) is 3.09. The molecule has 0 aliphatic carbocycles. The monoisotopic (exact) mass is 393 g/mol. The van der Waals surface area contributed by atoms with Gasteiger partial charge >= 0.3 is 5.97 Å². The molecule has 8 heteroatoms. The Balaban J connectivity index is 1.94. The van der Waals surface area contributed by atoms with E-state index in [2.05, 4.69) is 5.10 Å². The minimum atomic E-state index is -0.633. The van der Waals surface area contributed by atoms with Crippen LogP contribution < -0.4 is 10.3 Å². The quantitative estimate of drug-likeness (QED) is 0.498. The first kappa shape index (κ1) is 18.4. The van der Waals surface area contributed by atoms with Gasteiger partial charge in [-0.2, -0.15) is 9.78 Å². The van der Waals surface area contributed by atoms with Gasteiger partial charge in [0, 0.05) is 18.1 Å². The van der Waals surface area contributed by atoms with Crippen molar-refractivity contribution < 1.29 is 18.7 Å². The van der Waals surface area contributed by atoms with Crippen LogP contribution in [0.1, 0.15) is 10.4 Å². The van der Waals surface area contributed by atoms with E-state index in [9.17, 15) is 14.0 Å². The van der Waals surface area contributed by atoms with Crippen molar-refractivity contribution in [2.75, 3.05) is 14.2 Å². The topological polar surface area (TPSA) is 75.3 Å². The number of ether oxygens (including phenoxy) is 2. The Hall–Kier alpha value is -3.94. The van der Waals surface area contributed by atoms with E-state index in [-0.39, 0.29) is 22.6 Å². The van der Waals surface area contributed by atoms with Gasteiger partial charge in [0.15, 0.2) is 0 Å². The lowest BCUT2D eigenvalue weighted by atomic mass is 10.1. The van der Waals surface area contributed by atoms with Crippen molar-refractivity contribution in [2.45, 2.75) is 0 Å². The van der Waals surface area contributed by atoms with E-state index in [1.807, 2.05) is 0 Å². The summed E-state index contributed by atoms with van der Waals surface area (Å²) in [6, 6.07) is 12.5. The fraction of sp³-hybridized carbons (Fsp3) is 0.0952. The first-order valence-electron chi connectivity index (χ1n) is 8.65. The molecule has 0 fully saturated rings. The maximum absolute atomic E-state index is 13.3. The Bertz CT molecular complexity index is 1210. The maximum Gasteiger partial charge on any atom is 0.341 e. The van der Waals surface area contributed by atoms with Crippen LogP contribution in [-0.2, 0) is 4.74 Å². The van der Waals surface area contributed by atoms with Crippen LogP contribution in [0.3, 0.4) is 0 Å². The van der Waals surface area contributed by atoms with Gasteiger partial charge in [-0.25, -0.2) is 9.18 Å². The molecule has 2 aliphatic rings. The average molecular weight is 393 g/mol. The lowest BCUT2D eigenvalue weighted by Crippen LogP contribution is -2.15. The SMILES string of the molecule is COC(=O)c1cn(-c2ccc(F)cc2)cc2c(=O)n(-c3ccc(OC)cc3)nc1-2. The normalized spacial score (nSPS) is 10.9. The van der Waals surface area contributed by atoms with Crippen LogP contribution in [-0.4, -0.2) is 34.5 Å². The Morgan fingerprint density at radius 3 is 2.24 bits per heavy atom. The van der Waals surface area contributed by atoms with Crippen molar-refractivity contribution >= 4 is 5.97 Å². The minimum Gasteiger partial charge on any atom is -0.497 e. The Labute approximate surface area is 164 Å². The molecule has 0 radical (unpaired) electrons. The minimum absolute atomic E-state index is 0.124. The summed E-state index contributed by atoms with van der Waals surface area (Å²) in [4.78, 5) is 25.4. The van der Waals surface area contributed by atoms with Gasteiger partial charge in [-0.1, -0.05) is 0 Å². The Morgan fingerprint density at radius 1 is 0.966 bits per heavy atom. The molecule has 146 valence electrons. The fourth-order valence-corrected chi connectivity index (χ4v) is 3.03. The van der Waals surface area contributed by atoms with Crippen molar-refractivity contribution in [3.05, 3.63) is 82.7 Å². The molecule has 0 saturated carbocycles. The van der Waals surface area contributed by atoms with E-state index in [1.54, 1.807) is 54.3 Å². The van der Waals surface area contributed by atoms with Gasteiger partial charge in [0.2, 0.25) is 0 Å². The molecule has 2 heterocycles. The summed E-state index contributed by atoms with van der Waals surface area (Å²) < 4.78 is 26.0. The van der Waals surface area contributed by atoms with Crippen molar-refractivity contribution in [1.29, 1.82) is 0 Å². The molecule has 0 unspecified atom stereocenters. The largest absolute Gasteiger partial charge is 0.497 e. The summed E-state index contributed by atoms with van der Waals surface area (Å²) in [7, 11) is 2.80. The van der Waals surface area contributed by atoms with Crippen LogP contribution in [0.5, 0.6) is 5.75 Å². The molecule has 4 rings (SSSR count). The van der Waals surface area contributed by atoms with Crippen LogP contribution in [0.2, 0.25) is 0 Å². The molecule has 7 nitrogen and oxygen atoms in total. The van der Waals surface area contributed by atoms with E-state index in [1.165, 1.54) is 30.1 Å². The Kier molecular flexibility index (Phi) is 4.59. The first-order valence-corrected chi connectivity index (χ1v) is 8.65. The van der Waals surface area contributed by atoms with Gasteiger partial charge in [-0.3, -0.25) is 4.79 Å². The molecule has 0 bridgehead atoms. The van der Waals surface area contributed by atoms with Gasteiger partial charge in [0.1, 0.15) is 22.8 Å². The number of esters is 1. The standard InChI is InChI=1S/C21H16FN3O4/c1-28-16-9-7-15(8-10-16)25-20(26)17-11-24(14-5-3-13(22)4-6-14)12-18(19(17)23-25)21(27)29-2/h3-12H,1-2H3. The highest BCUT2D eigenvalue weighted by Crippen LogP contribution is 2.25. The van der Waals surface area contributed by atoms with Crippen molar-refractivity contribution in [1.82, 2.24) is 14.3 Å². The second-order valence-corrected chi connectivity index (χ2v) is 6.22. The van der Waals surface area contributed by atoms with Crippen LogP contribution in [0.25, 0.3) is 22.6 Å². The van der Waals surface area contributed by atoms with Crippen LogP contribution in [0, 0.1) is 5.82 Å². The predicted molar refractivity (Wildman–Crippen MR) is 104 cm³/mol. The van der Waals surface area contributed by atoms with Crippen LogP contribution in [0.15, 0.2) is 65.7 Å². The lowest BCUT2D eigenvalue weighted by Gasteiger charge is -2.11. The first-order chi connectivity index (χ1) is 14.0. The summed E-state index contributed by atoms with van der Waals surface area (Å²) in [5.74, 6) is -0.381. The third kappa shape index (κ3) is 3.25. The van der Waals surface area contributed by atoms with E-state index >= 15 is 0 Å². The summed E-state index contributed by atoms with van der Waals surface area (Å²) in [6.07, 6.45) is 3.07. The number of nitrogens with zero attached hydrogens (tertiary/aromatic N) is 3. The van der Waals surface area contributed by atoms with Crippen LogP contribution >= 0.6 is 0 Å². The lowest BCUT2D eigenvalue weighted by molar-refractivity contribution is 0.0600. The summed E-state index contributed by atoms with van der Waals surface area (Å²) in [6.45, 7) is 0. The molecule has 0 amide bonds. The molecular formula is C21H16FN3O4. The van der Waals surface area contributed by atoms with E-state index in [0.29, 0.717) is 17.1 Å². The maximum atomic E-state index is 13.3. The number of halogens is 1. The van der Waals surface area contributed by atoms with E-state index in [0.717, 1.165) is 0 Å². The molecule has 0 aromatic heterocycles. The van der Waals surface area contributed by atoms with Gasteiger partial charge in [0.05, 0.1) is 25.5 Å². The zero-order chi connectivity index (χ0) is 20.5. The summed E-state index contributed by atoms with van der Waals surface area (Å²) >= 11 is 0. The molecule has 2 aromatic carbocycles. The zero-order valence-corrected chi connectivity index (χ0v) is 15.6. The number of carbonyl (C=O) groups excluding carboxylic acids is 1. The number of pyridine rings is 1. The van der Waals surface area contributed by atoms with Gasteiger partial charge in [0.25, 0.3) is 5.56 Å². The number of fused-ring (bicyclic) bond motifs is 1.